The highest BCUT2D eigenvalue weighted by molar-refractivity contribution is 5.95. The van der Waals surface area contributed by atoms with Crippen molar-refractivity contribution in [2.75, 3.05) is 6.54 Å². The minimum absolute atomic E-state index is 0.00781. The van der Waals surface area contributed by atoms with Crippen molar-refractivity contribution in [2.24, 2.45) is 0 Å². The number of hydrogen-bond acceptors (Lipinski definition) is 1. The molecule has 2 aromatic rings. The van der Waals surface area contributed by atoms with Crippen LogP contribution in [0.1, 0.15) is 27.0 Å². The molecule has 1 N–H and O–H groups in total. The highest BCUT2D eigenvalue weighted by atomic mass is 16.1. The number of amides is 1. The average Bonchev–Trinajstić information content (AvgIpc) is 2.39. The Bertz CT molecular complexity index is 561. The van der Waals surface area contributed by atoms with Crippen LogP contribution in [0.2, 0.25) is 0 Å². The van der Waals surface area contributed by atoms with E-state index in [2.05, 4.69) is 17.4 Å². The molecule has 2 aromatic carbocycles. The van der Waals surface area contributed by atoms with Gasteiger partial charge in [0.15, 0.2) is 0 Å². The second kappa shape index (κ2) is 6.19. The first kappa shape index (κ1) is 13.3. The highest BCUT2D eigenvalue weighted by Crippen LogP contribution is 2.10. The molecule has 2 rings (SSSR count). The zero-order chi connectivity index (χ0) is 13.7. The average molecular weight is 253 g/mol. The van der Waals surface area contributed by atoms with Gasteiger partial charge in [-0.15, -0.1) is 0 Å². The van der Waals surface area contributed by atoms with Crippen LogP contribution in [0, 0.1) is 13.8 Å². The largest absolute Gasteiger partial charge is 0.352 e. The van der Waals surface area contributed by atoms with Crippen LogP contribution in [0.25, 0.3) is 0 Å². The Kier molecular flexibility index (Phi) is 4.35. The normalized spacial score (nSPS) is 10.2. The molecule has 0 radical (unpaired) electrons. The van der Waals surface area contributed by atoms with Crippen molar-refractivity contribution in [3.63, 3.8) is 0 Å². The Morgan fingerprint density at radius 1 is 1.05 bits per heavy atom. The van der Waals surface area contributed by atoms with E-state index < -0.39 is 0 Å². The molecule has 0 heterocycles. The minimum Gasteiger partial charge on any atom is -0.352 e. The Hall–Kier alpha value is -2.09. The smallest absolute Gasteiger partial charge is 0.251 e. The van der Waals surface area contributed by atoms with Gasteiger partial charge in [-0.1, -0.05) is 48.0 Å². The number of carbonyl (C=O) groups is 1. The molecule has 0 aliphatic carbocycles. The van der Waals surface area contributed by atoms with Crippen LogP contribution < -0.4 is 5.32 Å². The van der Waals surface area contributed by atoms with Crippen molar-refractivity contribution in [1.82, 2.24) is 5.32 Å². The first-order chi connectivity index (χ1) is 9.16. The molecule has 98 valence electrons. The lowest BCUT2D eigenvalue weighted by Crippen LogP contribution is -2.26. The third-order valence-corrected chi connectivity index (χ3v) is 3.17. The van der Waals surface area contributed by atoms with Crippen LogP contribution in [-0.2, 0) is 6.42 Å². The number of carbonyl (C=O) groups excluding carboxylic acids is 1. The van der Waals surface area contributed by atoms with Crippen LogP contribution in [0.4, 0.5) is 0 Å². The molecule has 0 fully saturated rings. The van der Waals surface area contributed by atoms with Gasteiger partial charge < -0.3 is 5.32 Å². The fourth-order valence-corrected chi connectivity index (χ4v) is 2.13. The van der Waals surface area contributed by atoms with Crippen molar-refractivity contribution < 1.29 is 4.79 Å². The van der Waals surface area contributed by atoms with Gasteiger partial charge in [-0.2, -0.15) is 0 Å². The molecule has 19 heavy (non-hydrogen) atoms. The summed E-state index contributed by atoms with van der Waals surface area (Å²) in [5.74, 6) is 0.00781. The standard InChI is InChI=1S/C17H19NO/c1-13-8-9-16(14(2)12-13)17(19)18-11-10-15-6-4-3-5-7-15/h3-9,12H,10-11H2,1-2H3,(H,18,19). The maximum absolute atomic E-state index is 12.1. The molecule has 0 saturated carbocycles. The van der Waals surface area contributed by atoms with Crippen LogP contribution >= 0.6 is 0 Å². The zero-order valence-corrected chi connectivity index (χ0v) is 11.4. The van der Waals surface area contributed by atoms with Gasteiger partial charge in [-0.05, 0) is 37.5 Å². The van der Waals surface area contributed by atoms with E-state index >= 15 is 0 Å². The van der Waals surface area contributed by atoms with Crippen molar-refractivity contribution >= 4 is 5.91 Å². The van der Waals surface area contributed by atoms with Crippen molar-refractivity contribution in [1.29, 1.82) is 0 Å². The van der Waals surface area contributed by atoms with Crippen molar-refractivity contribution in [3.8, 4) is 0 Å². The number of benzene rings is 2. The molecular weight excluding hydrogens is 234 g/mol. The summed E-state index contributed by atoms with van der Waals surface area (Å²) in [6.45, 7) is 4.67. The van der Waals surface area contributed by atoms with Gasteiger partial charge in [0.2, 0.25) is 0 Å². The predicted octanol–water partition coefficient (Wildman–Crippen LogP) is 3.28. The maximum atomic E-state index is 12.1. The zero-order valence-electron chi connectivity index (χ0n) is 11.4. The predicted molar refractivity (Wildman–Crippen MR) is 78.4 cm³/mol. The number of rotatable bonds is 4. The van der Waals surface area contributed by atoms with Gasteiger partial charge in [-0.25, -0.2) is 0 Å². The lowest BCUT2D eigenvalue weighted by atomic mass is 10.1. The minimum atomic E-state index is 0.00781. The number of nitrogens with one attached hydrogen (secondary N) is 1. The summed E-state index contributed by atoms with van der Waals surface area (Å²) in [6, 6.07) is 16.1. The molecule has 0 bridgehead atoms. The van der Waals surface area contributed by atoms with Crippen LogP contribution in [0.3, 0.4) is 0 Å². The molecule has 2 heteroatoms. The quantitative estimate of drug-likeness (QED) is 0.890. The Morgan fingerprint density at radius 2 is 1.79 bits per heavy atom. The van der Waals surface area contributed by atoms with Gasteiger partial charge in [0.05, 0.1) is 0 Å². The molecule has 0 unspecified atom stereocenters. The number of aryl methyl sites for hydroxylation is 2. The molecule has 0 saturated heterocycles. The Morgan fingerprint density at radius 3 is 2.47 bits per heavy atom. The van der Waals surface area contributed by atoms with Gasteiger partial charge >= 0.3 is 0 Å². The second-order valence-corrected chi connectivity index (χ2v) is 4.81. The lowest BCUT2D eigenvalue weighted by molar-refractivity contribution is 0.0953. The third kappa shape index (κ3) is 3.68. The van der Waals surface area contributed by atoms with Gasteiger partial charge in [-0.3, -0.25) is 4.79 Å². The fourth-order valence-electron chi connectivity index (χ4n) is 2.13. The lowest BCUT2D eigenvalue weighted by Gasteiger charge is -2.08. The van der Waals surface area contributed by atoms with E-state index in [0.29, 0.717) is 6.54 Å². The molecule has 0 aromatic heterocycles. The topological polar surface area (TPSA) is 29.1 Å². The molecule has 0 atom stereocenters. The summed E-state index contributed by atoms with van der Waals surface area (Å²) in [5, 5.41) is 2.97. The van der Waals surface area contributed by atoms with Crippen molar-refractivity contribution in [2.45, 2.75) is 20.3 Å². The maximum Gasteiger partial charge on any atom is 0.251 e. The van der Waals surface area contributed by atoms with E-state index in [9.17, 15) is 4.79 Å². The molecule has 2 nitrogen and oxygen atoms in total. The van der Waals surface area contributed by atoms with Crippen molar-refractivity contribution in [3.05, 3.63) is 70.8 Å². The summed E-state index contributed by atoms with van der Waals surface area (Å²) in [6.07, 6.45) is 0.859. The molecule has 1 amide bonds. The Balaban J connectivity index is 1.91. The van der Waals surface area contributed by atoms with Crippen LogP contribution in [0.15, 0.2) is 48.5 Å². The van der Waals surface area contributed by atoms with Gasteiger partial charge in [0.25, 0.3) is 5.91 Å². The van der Waals surface area contributed by atoms with Crippen LogP contribution in [0.5, 0.6) is 0 Å². The third-order valence-electron chi connectivity index (χ3n) is 3.17. The summed E-state index contributed by atoms with van der Waals surface area (Å²) >= 11 is 0. The van der Waals surface area contributed by atoms with E-state index in [4.69, 9.17) is 0 Å². The molecular formula is C17H19NO. The molecule has 0 aliphatic rings. The summed E-state index contributed by atoms with van der Waals surface area (Å²) < 4.78 is 0. The van der Waals surface area contributed by atoms with E-state index in [1.165, 1.54) is 11.1 Å². The summed E-state index contributed by atoms with van der Waals surface area (Å²) in [5.41, 5.74) is 4.21. The molecule has 0 aliphatic heterocycles. The first-order valence-corrected chi connectivity index (χ1v) is 6.56. The summed E-state index contributed by atoms with van der Waals surface area (Å²) in [7, 11) is 0. The monoisotopic (exact) mass is 253 g/mol. The fraction of sp³-hybridized carbons (Fsp3) is 0.235. The van der Waals surface area contributed by atoms with Crippen LogP contribution in [-0.4, -0.2) is 12.5 Å². The second-order valence-electron chi connectivity index (χ2n) is 4.81. The first-order valence-electron chi connectivity index (χ1n) is 6.56. The molecule has 0 spiro atoms. The van der Waals surface area contributed by atoms with Gasteiger partial charge in [0.1, 0.15) is 0 Å². The summed E-state index contributed by atoms with van der Waals surface area (Å²) in [4.78, 5) is 12.1. The SMILES string of the molecule is Cc1ccc(C(=O)NCCc2ccccc2)c(C)c1. The van der Waals surface area contributed by atoms with E-state index in [1.807, 2.05) is 50.2 Å². The Labute approximate surface area is 114 Å². The highest BCUT2D eigenvalue weighted by Gasteiger charge is 2.07. The van der Waals surface area contributed by atoms with E-state index in [0.717, 1.165) is 17.5 Å². The van der Waals surface area contributed by atoms with E-state index in [-0.39, 0.29) is 5.91 Å². The number of hydrogen-bond donors (Lipinski definition) is 1. The van der Waals surface area contributed by atoms with E-state index in [1.54, 1.807) is 0 Å². The van der Waals surface area contributed by atoms with Gasteiger partial charge in [0, 0.05) is 12.1 Å².